The summed E-state index contributed by atoms with van der Waals surface area (Å²) in [5, 5.41) is 9.61. The molecule has 0 atom stereocenters. The molecular weight excluding hydrogens is 262 g/mol. The van der Waals surface area contributed by atoms with Crippen LogP contribution >= 0.6 is 12.2 Å². The van der Waals surface area contributed by atoms with Gasteiger partial charge in [0.25, 0.3) is 5.91 Å². The van der Waals surface area contributed by atoms with Gasteiger partial charge in [-0.25, -0.2) is 0 Å². The Morgan fingerprint density at radius 1 is 1.58 bits per heavy atom. The van der Waals surface area contributed by atoms with Crippen LogP contribution in [-0.4, -0.2) is 51.7 Å². The molecule has 1 fully saturated rings. The Morgan fingerprint density at radius 2 is 2.21 bits per heavy atom. The molecule has 1 aliphatic heterocycles. The van der Waals surface area contributed by atoms with E-state index in [1.54, 1.807) is 0 Å². The van der Waals surface area contributed by atoms with E-state index in [0.29, 0.717) is 10.6 Å². The maximum absolute atomic E-state index is 12.3. The second-order valence-corrected chi connectivity index (χ2v) is 5.55. The summed E-state index contributed by atoms with van der Waals surface area (Å²) in [6.07, 6.45) is 3.00. The first-order valence-corrected chi connectivity index (χ1v) is 6.66. The number of H-pyrrole nitrogens is 1. The molecule has 0 unspecified atom stereocenters. The second kappa shape index (κ2) is 5.26. The van der Waals surface area contributed by atoms with Crippen molar-refractivity contribution in [1.29, 1.82) is 0 Å². The Balaban J connectivity index is 2.16. The number of hydrogen-bond donors (Lipinski definition) is 3. The lowest BCUT2D eigenvalue weighted by atomic mass is 9.87. The van der Waals surface area contributed by atoms with Crippen LogP contribution < -0.4 is 11.1 Å². The molecule has 1 aromatic heterocycles. The number of thiocarbonyl (C=S) groups is 1. The highest BCUT2D eigenvalue weighted by atomic mass is 32.1. The van der Waals surface area contributed by atoms with Crippen LogP contribution in [0.1, 0.15) is 28.9 Å². The molecule has 19 heavy (non-hydrogen) atoms. The van der Waals surface area contributed by atoms with E-state index in [4.69, 9.17) is 18.0 Å². The molecule has 0 bridgehead atoms. The smallest absolute Gasteiger partial charge is 0.255 e. The van der Waals surface area contributed by atoms with Crippen LogP contribution in [0.2, 0.25) is 0 Å². The van der Waals surface area contributed by atoms with Gasteiger partial charge >= 0.3 is 0 Å². The fourth-order valence-corrected chi connectivity index (χ4v) is 2.55. The number of likely N-dealkylation sites (tertiary alicyclic amines) is 1. The monoisotopic (exact) mass is 281 g/mol. The number of piperidine rings is 1. The summed E-state index contributed by atoms with van der Waals surface area (Å²) in [5.41, 5.74) is 6.56. The van der Waals surface area contributed by atoms with Crippen LogP contribution in [0, 0.1) is 6.92 Å². The van der Waals surface area contributed by atoms with Gasteiger partial charge in [0.2, 0.25) is 0 Å². The number of carbonyl (C=O) groups is 1. The van der Waals surface area contributed by atoms with E-state index in [9.17, 15) is 4.79 Å². The Labute approximate surface area is 117 Å². The molecule has 104 valence electrons. The third-order valence-corrected chi connectivity index (χ3v) is 4.13. The van der Waals surface area contributed by atoms with E-state index in [0.717, 1.165) is 31.6 Å². The van der Waals surface area contributed by atoms with Crippen molar-refractivity contribution in [2.45, 2.75) is 25.3 Å². The predicted octanol–water partition coefficient (Wildman–Crippen LogP) is 0.198. The summed E-state index contributed by atoms with van der Waals surface area (Å²) in [6.45, 7) is 3.54. The highest BCUT2D eigenvalue weighted by molar-refractivity contribution is 7.80. The molecule has 6 nitrogen and oxygen atoms in total. The zero-order chi connectivity index (χ0) is 14.0. The average molecular weight is 281 g/mol. The number of aryl methyl sites for hydroxylation is 1. The van der Waals surface area contributed by atoms with Crippen LogP contribution in [0.15, 0.2) is 6.20 Å². The quantitative estimate of drug-likeness (QED) is 0.689. The zero-order valence-corrected chi connectivity index (χ0v) is 12.0. The minimum atomic E-state index is -0.581. The summed E-state index contributed by atoms with van der Waals surface area (Å²) >= 11 is 5.17. The molecule has 0 spiro atoms. The third kappa shape index (κ3) is 2.76. The van der Waals surface area contributed by atoms with E-state index in [1.807, 2.05) is 14.0 Å². The number of amides is 1. The Kier molecular flexibility index (Phi) is 3.86. The van der Waals surface area contributed by atoms with Gasteiger partial charge in [0.1, 0.15) is 0 Å². The number of aromatic amines is 1. The lowest BCUT2D eigenvalue weighted by Gasteiger charge is -2.40. The minimum Gasteiger partial charge on any atom is -0.391 e. The predicted molar refractivity (Wildman–Crippen MR) is 77.0 cm³/mol. The van der Waals surface area contributed by atoms with Gasteiger partial charge < -0.3 is 16.0 Å². The van der Waals surface area contributed by atoms with Crippen molar-refractivity contribution in [2.75, 3.05) is 20.1 Å². The Morgan fingerprint density at radius 3 is 2.68 bits per heavy atom. The van der Waals surface area contributed by atoms with Crippen LogP contribution in [0.5, 0.6) is 0 Å². The maximum atomic E-state index is 12.3. The number of rotatable bonds is 3. The van der Waals surface area contributed by atoms with E-state index in [2.05, 4.69) is 20.4 Å². The summed E-state index contributed by atoms with van der Waals surface area (Å²) < 4.78 is 0. The molecule has 1 aromatic rings. The van der Waals surface area contributed by atoms with Crippen molar-refractivity contribution in [3.8, 4) is 0 Å². The molecule has 1 aliphatic rings. The fourth-order valence-electron chi connectivity index (χ4n) is 2.30. The second-order valence-electron chi connectivity index (χ2n) is 5.11. The molecule has 1 saturated heterocycles. The molecule has 2 rings (SSSR count). The van der Waals surface area contributed by atoms with E-state index < -0.39 is 5.54 Å². The number of nitrogens with two attached hydrogens (primary N) is 1. The molecule has 7 heteroatoms. The number of nitrogens with one attached hydrogen (secondary N) is 2. The van der Waals surface area contributed by atoms with E-state index in [1.165, 1.54) is 6.20 Å². The van der Waals surface area contributed by atoms with Gasteiger partial charge in [-0.2, -0.15) is 5.10 Å². The third-order valence-electron chi connectivity index (χ3n) is 3.74. The van der Waals surface area contributed by atoms with Crippen molar-refractivity contribution in [1.82, 2.24) is 20.4 Å². The van der Waals surface area contributed by atoms with Crippen molar-refractivity contribution in [3.63, 3.8) is 0 Å². The summed E-state index contributed by atoms with van der Waals surface area (Å²) in [4.78, 5) is 14.8. The minimum absolute atomic E-state index is 0.177. The first kappa shape index (κ1) is 14.0. The fraction of sp³-hybridized carbons (Fsp3) is 0.583. The molecule has 0 radical (unpaired) electrons. The van der Waals surface area contributed by atoms with Crippen LogP contribution in [0.4, 0.5) is 0 Å². The first-order chi connectivity index (χ1) is 8.94. The van der Waals surface area contributed by atoms with Crippen molar-refractivity contribution < 1.29 is 4.79 Å². The molecule has 0 aliphatic carbocycles. The lowest BCUT2D eigenvalue weighted by molar-refractivity contribution is 0.0889. The van der Waals surface area contributed by atoms with Gasteiger partial charge in [0.05, 0.1) is 22.3 Å². The number of nitrogens with zero attached hydrogens (tertiary/aromatic N) is 2. The topological polar surface area (TPSA) is 87.0 Å². The Bertz CT molecular complexity index is 490. The maximum Gasteiger partial charge on any atom is 0.255 e. The molecule has 0 saturated carbocycles. The van der Waals surface area contributed by atoms with Crippen molar-refractivity contribution in [2.24, 2.45) is 5.73 Å². The van der Waals surface area contributed by atoms with Crippen LogP contribution in [-0.2, 0) is 0 Å². The molecule has 0 aromatic carbocycles. The highest BCUT2D eigenvalue weighted by Gasteiger charge is 2.38. The van der Waals surface area contributed by atoms with Gasteiger partial charge in [-0.1, -0.05) is 12.2 Å². The molecule has 2 heterocycles. The lowest BCUT2D eigenvalue weighted by Crippen LogP contribution is -2.61. The normalized spacial score (nSPS) is 19.1. The SMILES string of the molecule is Cc1[nH]ncc1C(=O)NC1(C(N)=S)CCN(C)CC1. The molecule has 4 N–H and O–H groups in total. The average Bonchev–Trinajstić information content (AvgIpc) is 2.78. The number of carbonyl (C=O) groups excluding carboxylic acids is 1. The first-order valence-electron chi connectivity index (χ1n) is 6.25. The van der Waals surface area contributed by atoms with Gasteiger partial charge in [0.15, 0.2) is 0 Å². The van der Waals surface area contributed by atoms with E-state index in [-0.39, 0.29) is 5.91 Å². The number of hydrogen-bond acceptors (Lipinski definition) is 4. The van der Waals surface area contributed by atoms with E-state index >= 15 is 0 Å². The summed E-state index contributed by atoms with van der Waals surface area (Å²) in [5.74, 6) is -0.177. The summed E-state index contributed by atoms with van der Waals surface area (Å²) in [7, 11) is 2.05. The molecule has 1 amide bonds. The van der Waals surface area contributed by atoms with Gasteiger partial charge in [-0.3, -0.25) is 9.89 Å². The van der Waals surface area contributed by atoms with Gasteiger partial charge in [0, 0.05) is 18.8 Å². The van der Waals surface area contributed by atoms with Gasteiger partial charge in [-0.05, 0) is 26.8 Å². The summed E-state index contributed by atoms with van der Waals surface area (Å²) in [6, 6.07) is 0. The van der Waals surface area contributed by atoms with Crippen molar-refractivity contribution in [3.05, 3.63) is 17.5 Å². The standard InChI is InChI=1S/C12H19N5OS/c1-8-9(7-14-16-8)10(18)15-12(11(13)19)3-5-17(2)6-4-12/h7H,3-6H2,1-2H3,(H2,13,19)(H,14,16)(H,15,18). The number of aromatic nitrogens is 2. The largest absolute Gasteiger partial charge is 0.391 e. The highest BCUT2D eigenvalue weighted by Crippen LogP contribution is 2.23. The zero-order valence-electron chi connectivity index (χ0n) is 11.2. The Hall–Kier alpha value is -1.47. The van der Waals surface area contributed by atoms with Crippen LogP contribution in [0.3, 0.4) is 0 Å². The molecular formula is C12H19N5OS. The van der Waals surface area contributed by atoms with Gasteiger partial charge in [-0.15, -0.1) is 0 Å². The van der Waals surface area contributed by atoms with Crippen molar-refractivity contribution >= 4 is 23.1 Å². The van der Waals surface area contributed by atoms with Crippen LogP contribution in [0.25, 0.3) is 0 Å².